The number of pyridine rings is 1. The predicted molar refractivity (Wildman–Crippen MR) is 70.5 cm³/mol. The summed E-state index contributed by atoms with van der Waals surface area (Å²) in [6.07, 6.45) is 1.69. The van der Waals surface area contributed by atoms with E-state index in [-0.39, 0.29) is 5.82 Å². The molecule has 4 heteroatoms. The molecule has 0 unspecified atom stereocenters. The van der Waals surface area contributed by atoms with E-state index in [2.05, 4.69) is 11.1 Å². The molecule has 3 aromatic rings. The molecule has 0 amide bonds. The van der Waals surface area contributed by atoms with Gasteiger partial charge in [0.15, 0.2) is 0 Å². The van der Waals surface area contributed by atoms with Crippen molar-refractivity contribution in [2.75, 3.05) is 0 Å². The van der Waals surface area contributed by atoms with Gasteiger partial charge in [-0.2, -0.15) is 5.26 Å². The van der Waals surface area contributed by atoms with E-state index in [0.717, 1.165) is 17.0 Å². The topological polar surface area (TPSA) is 41.6 Å². The van der Waals surface area contributed by atoms with E-state index in [1.807, 2.05) is 29.7 Å². The Morgan fingerprint density at radius 1 is 1.26 bits per heavy atom. The standard InChI is InChI=1S/C15H10FN3/c1-10-13(9-17)12-8-11(16)5-6-14(12)19(10)15-4-2-3-7-18-15/h2-8H,1H3. The molecular weight excluding hydrogens is 241 g/mol. The number of fused-ring (bicyclic) bond motifs is 1. The lowest BCUT2D eigenvalue weighted by Crippen LogP contribution is -1.99. The van der Waals surface area contributed by atoms with Gasteiger partial charge in [0.2, 0.25) is 0 Å². The molecule has 0 saturated carbocycles. The lowest BCUT2D eigenvalue weighted by molar-refractivity contribution is 0.629. The highest BCUT2D eigenvalue weighted by atomic mass is 19.1. The Hall–Kier alpha value is -2.67. The van der Waals surface area contributed by atoms with Crippen molar-refractivity contribution in [2.45, 2.75) is 6.92 Å². The predicted octanol–water partition coefficient (Wildman–Crippen LogP) is 3.34. The average Bonchev–Trinajstić information content (AvgIpc) is 2.70. The fourth-order valence-corrected chi connectivity index (χ4v) is 2.31. The first-order valence-electron chi connectivity index (χ1n) is 5.84. The van der Waals surface area contributed by atoms with E-state index < -0.39 is 0 Å². The minimum Gasteiger partial charge on any atom is -0.297 e. The van der Waals surface area contributed by atoms with Gasteiger partial charge in [-0.05, 0) is 37.3 Å². The molecule has 19 heavy (non-hydrogen) atoms. The van der Waals surface area contributed by atoms with Crippen molar-refractivity contribution < 1.29 is 4.39 Å². The van der Waals surface area contributed by atoms with Gasteiger partial charge in [0.25, 0.3) is 0 Å². The maximum absolute atomic E-state index is 13.4. The molecule has 0 fully saturated rings. The van der Waals surface area contributed by atoms with Crippen LogP contribution in [0.2, 0.25) is 0 Å². The Kier molecular flexibility index (Phi) is 2.53. The summed E-state index contributed by atoms with van der Waals surface area (Å²) < 4.78 is 15.2. The molecule has 3 rings (SSSR count). The summed E-state index contributed by atoms with van der Waals surface area (Å²) in [5, 5.41) is 9.88. The Bertz CT molecular complexity index is 798. The van der Waals surface area contributed by atoms with Crippen molar-refractivity contribution in [3.05, 3.63) is 59.7 Å². The zero-order valence-corrected chi connectivity index (χ0v) is 10.3. The smallest absolute Gasteiger partial charge is 0.137 e. The second-order valence-corrected chi connectivity index (χ2v) is 4.26. The van der Waals surface area contributed by atoms with Crippen molar-refractivity contribution in [2.24, 2.45) is 0 Å². The molecule has 0 aliphatic rings. The number of aromatic nitrogens is 2. The highest BCUT2D eigenvalue weighted by Gasteiger charge is 2.15. The van der Waals surface area contributed by atoms with Crippen LogP contribution in [0.3, 0.4) is 0 Å². The SMILES string of the molecule is Cc1c(C#N)c2cc(F)ccc2n1-c1ccccn1. The van der Waals surface area contributed by atoms with E-state index in [1.54, 1.807) is 12.3 Å². The molecule has 2 heterocycles. The number of rotatable bonds is 1. The van der Waals surface area contributed by atoms with Gasteiger partial charge >= 0.3 is 0 Å². The van der Waals surface area contributed by atoms with Crippen LogP contribution in [0.4, 0.5) is 4.39 Å². The van der Waals surface area contributed by atoms with Gasteiger partial charge < -0.3 is 0 Å². The largest absolute Gasteiger partial charge is 0.297 e. The van der Waals surface area contributed by atoms with Gasteiger partial charge in [0.1, 0.15) is 17.7 Å². The number of nitrogens with zero attached hydrogens (tertiary/aromatic N) is 3. The van der Waals surface area contributed by atoms with Gasteiger partial charge in [-0.1, -0.05) is 6.07 Å². The normalized spacial score (nSPS) is 10.6. The highest BCUT2D eigenvalue weighted by Crippen LogP contribution is 2.28. The van der Waals surface area contributed by atoms with E-state index in [1.165, 1.54) is 12.1 Å². The molecule has 2 aromatic heterocycles. The summed E-state index contributed by atoms with van der Waals surface area (Å²) in [4.78, 5) is 4.29. The summed E-state index contributed by atoms with van der Waals surface area (Å²) in [7, 11) is 0. The zero-order chi connectivity index (χ0) is 13.4. The molecule has 0 aliphatic heterocycles. The van der Waals surface area contributed by atoms with E-state index >= 15 is 0 Å². The van der Waals surface area contributed by atoms with Crippen molar-refractivity contribution in [3.63, 3.8) is 0 Å². The van der Waals surface area contributed by atoms with Crippen LogP contribution in [0.15, 0.2) is 42.6 Å². The van der Waals surface area contributed by atoms with Gasteiger partial charge in [-0.25, -0.2) is 9.37 Å². The molecule has 0 radical (unpaired) electrons. The van der Waals surface area contributed by atoms with Crippen molar-refractivity contribution in [3.8, 4) is 11.9 Å². The third kappa shape index (κ3) is 1.67. The third-order valence-electron chi connectivity index (χ3n) is 3.16. The summed E-state index contributed by atoms with van der Waals surface area (Å²) in [5.41, 5.74) is 2.04. The first-order chi connectivity index (χ1) is 9.22. The van der Waals surface area contributed by atoms with E-state index in [9.17, 15) is 9.65 Å². The second kappa shape index (κ2) is 4.21. The minimum absolute atomic E-state index is 0.345. The number of nitriles is 1. The lowest BCUT2D eigenvalue weighted by atomic mass is 10.1. The average molecular weight is 251 g/mol. The van der Waals surface area contributed by atoms with Crippen molar-refractivity contribution in [1.82, 2.24) is 9.55 Å². The van der Waals surface area contributed by atoms with Gasteiger partial charge in [-0.3, -0.25) is 4.57 Å². The number of halogens is 1. The van der Waals surface area contributed by atoms with Crippen LogP contribution in [0.1, 0.15) is 11.3 Å². The van der Waals surface area contributed by atoms with E-state index in [0.29, 0.717) is 10.9 Å². The minimum atomic E-state index is -0.345. The third-order valence-corrected chi connectivity index (χ3v) is 3.16. The van der Waals surface area contributed by atoms with Crippen molar-refractivity contribution >= 4 is 10.9 Å². The first kappa shape index (κ1) is 11.4. The molecule has 0 atom stereocenters. The second-order valence-electron chi connectivity index (χ2n) is 4.26. The quantitative estimate of drug-likeness (QED) is 0.665. The molecule has 3 nitrogen and oxygen atoms in total. The maximum atomic E-state index is 13.4. The Morgan fingerprint density at radius 3 is 2.79 bits per heavy atom. The molecule has 0 bridgehead atoms. The maximum Gasteiger partial charge on any atom is 0.137 e. The van der Waals surface area contributed by atoms with Crippen LogP contribution >= 0.6 is 0 Å². The van der Waals surface area contributed by atoms with Crippen LogP contribution in [0.5, 0.6) is 0 Å². The van der Waals surface area contributed by atoms with E-state index in [4.69, 9.17) is 0 Å². The summed E-state index contributed by atoms with van der Waals surface area (Å²) in [6, 6.07) is 12.2. The molecule has 0 saturated heterocycles. The zero-order valence-electron chi connectivity index (χ0n) is 10.3. The summed E-state index contributed by atoms with van der Waals surface area (Å²) >= 11 is 0. The Morgan fingerprint density at radius 2 is 2.11 bits per heavy atom. The van der Waals surface area contributed by atoms with Crippen LogP contribution in [0.25, 0.3) is 16.7 Å². The Balaban J connectivity index is 2.44. The number of hydrogen-bond acceptors (Lipinski definition) is 2. The molecular formula is C15H10FN3. The van der Waals surface area contributed by atoms with Gasteiger partial charge in [0.05, 0.1) is 11.1 Å². The number of hydrogen-bond donors (Lipinski definition) is 0. The Labute approximate surface area is 109 Å². The van der Waals surface area contributed by atoms with Crippen LogP contribution < -0.4 is 0 Å². The molecule has 1 aromatic carbocycles. The number of benzene rings is 1. The monoisotopic (exact) mass is 251 g/mol. The van der Waals surface area contributed by atoms with Crippen LogP contribution in [-0.4, -0.2) is 9.55 Å². The molecule has 0 N–H and O–H groups in total. The molecule has 0 aliphatic carbocycles. The van der Waals surface area contributed by atoms with Gasteiger partial charge in [-0.15, -0.1) is 0 Å². The van der Waals surface area contributed by atoms with Gasteiger partial charge in [0, 0.05) is 17.3 Å². The van der Waals surface area contributed by atoms with Crippen molar-refractivity contribution in [1.29, 1.82) is 5.26 Å². The summed E-state index contributed by atoms with van der Waals surface area (Å²) in [6.45, 7) is 1.84. The molecule has 0 spiro atoms. The fourth-order valence-electron chi connectivity index (χ4n) is 2.31. The summed E-state index contributed by atoms with van der Waals surface area (Å²) in [5.74, 6) is 0.375. The first-order valence-corrected chi connectivity index (χ1v) is 5.84. The highest BCUT2D eigenvalue weighted by molar-refractivity contribution is 5.89. The van der Waals surface area contributed by atoms with Crippen LogP contribution in [0, 0.1) is 24.1 Å². The molecule has 92 valence electrons. The van der Waals surface area contributed by atoms with Crippen LogP contribution in [-0.2, 0) is 0 Å². The fraction of sp³-hybridized carbons (Fsp3) is 0.0667. The lowest BCUT2D eigenvalue weighted by Gasteiger charge is -2.06.